The molecule has 0 aromatic heterocycles. The second kappa shape index (κ2) is 7.40. The zero-order valence-corrected chi connectivity index (χ0v) is 10.0. The maximum atomic E-state index is 11.3. The molecule has 1 N–H and O–H groups in total. The molecular weight excluding hydrogens is 194 g/mol. The molecule has 4 heteroatoms. The summed E-state index contributed by atoms with van der Waals surface area (Å²) in [5, 5.41) is 2.61. The molecular formula is C11H21NO3. The van der Waals surface area contributed by atoms with Crippen LogP contribution in [0.3, 0.4) is 0 Å². The lowest BCUT2D eigenvalue weighted by molar-refractivity contribution is -0.127. The van der Waals surface area contributed by atoms with E-state index in [0.717, 1.165) is 0 Å². The van der Waals surface area contributed by atoms with Gasteiger partial charge in [0, 0.05) is 26.1 Å². The van der Waals surface area contributed by atoms with Gasteiger partial charge in [-0.2, -0.15) is 0 Å². The van der Waals surface area contributed by atoms with E-state index >= 15 is 0 Å². The number of ether oxygens (including phenoxy) is 1. The Balaban J connectivity index is 3.70. The van der Waals surface area contributed by atoms with Crippen LogP contribution in [-0.2, 0) is 14.3 Å². The minimum Gasteiger partial charge on any atom is -0.384 e. The summed E-state index contributed by atoms with van der Waals surface area (Å²) < 4.78 is 4.92. The highest BCUT2D eigenvalue weighted by Gasteiger charge is 2.11. The molecule has 1 unspecified atom stereocenters. The summed E-state index contributed by atoms with van der Waals surface area (Å²) in [5.74, 6) is 0.127. The van der Waals surface area contributed by atoms with Crippen LogP contribution in [-0.4, -0.2) is 32.0 Å². The van der Waals surface area contributed by atoms with E-state index in [1.54, 1.807) is 7.11 Å². The van der Waals surface area contributed by atoms with E-state index in [4.69, 9.17) is 4.74 Å². The highest BCUT2D eigenvalue weighted by Crippen LogP contribution is 2.01. The molecule has 0 aliphatic heterocycles. The Hall–Kier alpha value is -0.900. The van der Waals surface area contributed by atoms with Crippen molar-refractivity contribution >= 4 is 11.7 Å². The smallest absolute Gasteiger partial charge is 0.220 e. The molecule has 0 aliphatic rings. The number of hydrogen-bond acceptors (Lipinski definition) is 3. The van der Waals surface area contributed by atoms with Crippen molar-refractivity contribution in [3.05, 3.63) is 0 Å². The first kappa shape index (κ1) is 14.1. The molecule has 88 valence electrons. The van der Waals surface area contributed by atoms with Crippen LogP contribution in [0.5, 0.6) is 0 Å². The molecule has 0 aromatic rings. The number of nitrogens with one attached hydrogen (secondary N) is 1. The van der Waals surface area contributed by atoms with Gasteiger partial charge in [0.05, 0.1) is 6.54 Å². The third-order valence-electron chi connectivity index (χ3n) is 2.09. The van der Waals surface area contributed by atoms with Crippen LogP contribution in [0, 0.1) is 11.8 Å². The Bertz CT molecular complexity index is 214. The van der Waals surface area contributed by atoms with E-state index in [9.17, 15) is 9.59 Å². The number of ketones is 1. The number of rotatable bonds is 7. The summed E-state index contributed by atoms with van der Waals surface area (Å²) in [7, 11) is 1.61. The van der Waals surface area contributed by atoms with Gasteiger partial charge in [0.2, 0.25) is 5.91 Å². The van der Waals surface area contributed by atoms with Crippen molar-refractivity contribution < 1.29 is 14.3 Å². The van der Waals surface area contributed by atoms with Crippen molar-refractivity contribution in [2.24, 2.45) is 11.8 Å². The standard InChI is InChI=1S/C11H21NO3/c1-8(2)10(13)6-12-11(14)5-9(3)7-15-4/h8-9H,5-7H2,1-4H3,(H,12,14). The topological polar surface area (TPSA) is 55.4 Å². The lowest BCUT2D eigenvalue weighted by Crippen LogP contribution is -2.32. The van der Waals surface area contributed by atoms with Gasteiger partial charge in [-0.05, 0) is 5.92 Å². The van der Waals surface area contributed by atoms with Crippen LogP contribution in [0.4, 0.5) is 0 Å². The maximum absolute atomic E-state index is 11.3. The Labute approximate surface area is 91.4 Å². The van der Waals surface area contributed by atoms with Gasteiger partial charge in [-0.25, -0.2) is 0 Å². The molecule has 0 heterocycles. The molecule has 15 heavy (non-hydrogen) atoms. The molecule has 0 rings (SSSR count). The van der Waals surface area contributed by atoms with Crippen LogP contribution >= 0.6 is 0 Å². The van der Waals surface area contributed by atoms with Gasteiger partial charge in [-0.1, -0.05) is 20.8 Å². The highest BCUT2D eigenvalue weighted by atomic mass is 16.5. The van der Waals surface area contributed by atoms with Gasteiger partial charge < -0.3 is 10.1 Å². The maximum Gasteiger partial charge on any atom is 0.220 e. The van der Waals surface area contributed by atoms with Crippen molar-refractivity contribution in [2.45, 2.75) is 27.2 Å². The molecule has 0 spiro atoms. The predicted molar refractivity (Wildman–Crippen MR) is 58.5 cm³/mol. The van der Waals surface area contributed by atoms with Crippen molar-refractivity contribution in [3.63, 3.8) is 0 Å². The molecule has 0 saturated heterocycles. The molecule has 0 radical (unpaired) electrons. The van der Waals surface area contributed by atoms with Crippen LogP contribution in [0.1, 0.15) is 27.2 Å². The van der Waals surface area contributed by atoms with Crippen molar-refractivity contribution in [3.8, 4) is 0 Å². The molecule has 0 bridgehead atoms. The van der Waals surface area contributed by atoms with Crippen LogP contribution in [0.25, 0.3) is 0 Å². The Morgan fingerprint density at radius 3 is 2.33 bits per heavy atom. The Morgan fingerprint density at radius 2 is 1.87 bits per heavy atom. The Morgan fingerprint density at radius 1 is 1.27 bits per heavy atom. The fraction of sp³-hybridized carbons (Fsp3) is 0.818. The van der Waals surface area contributed by atoms with Crippen molar-refractivity contribution in [2.75, 3.05) is 20.3 Å². The first-order chi connectivity index (χ1) is 6.97. The number of hydrogen-bond donors (Lipinski definition) is 1. The number of carbonyl (C=O) groups is 2. The fourth-order valence-electron chi connectivity index (χ4n) is 1.12. The second-order valence-electron chi connectivity index (χ2n) is 4.16. The SMILES string of the molecule is COCC(C)CC(=O)NCC(=O)C(C)C. The fourth-order valence-corrected chi connectivity index (χ4v) is 1.12. The molecule has 0 aliphatic carbocycles. The van der Waals surface area contributed by atoms with Gasteiger partial charge in [0.15, 0.2) is 5.78 Å². The number of methoxy groups -OCH3 is 1. The molecule has 4 nitrogen and oxygen atoms in total. The predicted octanol–water partition coefficient (Wildman–Crippen LogP) is 1.00. The summed E-state index contributed by atoms with van der Waals surface area (Å²) in [4.78, 5) is 22.6. The third-order valence-corrected chi connectivity index (χ3v) is 2.09. The zero-order chi connectivity index (χ0) is 11.8. The summed E-state index contributed by atoms with van der Waals surface area (Å²) in [6.45, 7) is 6.28. The first-order valence-corrected chi connectivity index (χ1v) is 5.25. The minimum atomic E-state index is -0.0893. The van der Waals surface area contributed by atoms with E-state index in [1.807, 2.05) is 20.8 Å². The van der Waals surface area contributed by atoms with Crippen LogP contribution in [0.2, 0.25) is 0 Å². The zero-order valence-electron chi connectivity index (χ0n) is 10.0. The summed E-state index contributed by atoms with van der Waals surface area (Å²) in [6.07, 6.45) is 0.402. The second-order valence-corrected chi connectivity index (χ2v) is 4.16. The molecule has 0 fully saturated rings. The van der Waals surface area contributed by atoms with E-state index in [2.05, 4.69) is 5.32 Å². The lowest BCUT2D eigenvalue weighted by atomic mass is 10.1. The third kappa shape index (κ3) is 7.08. The molecule has 1 amide bonds. The quantitative estimate of drug-likeness (QED) is 0.689. The number of carbonyl (C=O) groups excluding carboxylic acids is 2. The summed E-state index contributed by atoms with van der Waals surface area (Å²) in [5.41, 5.74) is 0. The minimum absolute atomic E-state index is 0.0262. The number of Topliss-reactive ketones (excluding diaryl/α,β-unsaturated/α-hetero) is 1. The van der Waals surface area contributed by atoms with E-state index < -0.39 is 0 Å². The van der Waals surface area contributed by atoms with Crippen LogP contribution in [0.15, 0.2) is 0 Å². The number of amides is 1. The summed E-state index contributed by atoms with van der Waals surface area (Å²) >= 11 is 0. The van der Waals surface area contributed by atoms with Crippen LogP contribution < -0.4 is 5.32 Å². The van der Waals surface area contributed by atoms with Gasteiger partial charge in [0.1, 0.15) is 0 Å². The Kier molecular flexibility index (Phi) is 6.96. The molecule has 1 atom stereocenters. The average molecular weight is 215 g/mol. The first-order valence-electron chi connectivity index (χ1n) is 5.25. The van der Waals surface area contributed by atoms with E-state index in [1.165, 1.54) is 0 Å². The van der Waals surface area contributed by atoms with Gasteiger partial charge in [-0.3, -0.25) is 9.59 Å². The normalized spacial score (nSPS) is 12.6. The van der Waals surface area contributed by atoms with Crippen molar-refractivity contribution in [1.29, 1.82) is 0 Å². The lowest BCUT2D eigenvalue weighted by Gasteiger charge is -2.10. The molecule has 0 aromatic carbocycles. The average Bonchev–Trinajstić information content (AvgIpc) is 2.14. The van der Waals surface area contributed by atoms with Gasteiger partial charge in [-0.15, -0.1) is 0 Å². The van der Waals surface area contributed by atoms with Crippen molar-refractivity contribution in [1.82, 2.24) is 5.32 Å². The van der Waals surface area contributed by atoms with Gasteiger partial charge in [0.25, 0.3) is 0 Å². The molecule has 0 saturated carbocycles. The largest absolute Gasteiger partial charge is 0.384 e. The summed E-state index contributed by atoms with van der Waals surface area (Å²) in [6, 6.07) is 0. The van der Waals surface area contributed by atoms with Gasteiger partial charge >= 0.3 is 0 Å². The van der Waals surface area contributed by atoms with E-state index in [0.29, 0.717) is 13.0 Å². The van der Waals surface area contributed by atoms with E-state index in [-0.39, 0.29) is 30.1 Å². The monoisotopic (exact) mass is 215 g/mol. The highest BCUT2D eigenvalue weighted by molar-refractivity contribution is 5.87.